The number of hydrogen-bond acceptors (Lipinski definition) is 3. The molecule has 0 saturated carbocycles. The lowest BCUT2D eigenvalue weighted by atomic mass is 9.98. The smallest absolute Gasteiger partial charge is 0.0979 e. The van der Waals surface area contributed by atoms with Gasteiger partial charge in [-0.3, -0.25) is 0 Å². The van der Waals surface area contributed by atoms with Gasteiger partial charge in [0.1, 0.15) is 0 Å². The Balaban J connectivity index is 2.13. The van der Waals surface area contributed by atoms with E-state index in [1.54, 1.807) is 0 Å². The van der Waals surface area contributed by atoms with Gasteiger partial charge in [-0.15, -0.1) is 0 Å². The molecule has 0 radical (unpaired) electrons. The zero-order valence-electron chi connectivity index (χ0n) is 13.1. The van der Waals surface area contributed by atoms with Crippen molar-refractivity contribution in [3.63, 3.8) is 0 Å². The Hall–Kier alpha value is -0.610. The maximum atomic E-state index is 6.36. The summed E-state index contributed by atoms with van der Waals surface area (Å²) in [6, 6.07) is 7.78. The molecule has 21 heavy (non-hydrogen) atoms. The lowest BCUT2D eigenvalue weighted by Gasteiger charge is -2.36. The third kappa shape index (κ3) is 4.68. The van der Waals surface area contributed by atoms with Crippen molar-refractivity contribution in [3.05, 3.63) is 34.9 Å². The highest BCUT2D eigenvalue weighted by Gasteiger charge is 2.29. The molecule has 4 atom stereocenters. The van der Waals surface area contributed by atoms with Gasteiger partial charge in [0.2, 0.25) is 0 Å². The van der Waals surface area contributed by atoms with E-state index in [0.717, 1.165) is 29.8 Å². The molecule has 1 aliphatic rings. The maximum Gasteiger partial charge on any atom is 0.0979 e. The molecule has 1 aromatic carbocycles. The van der Waals surface area contributed by atoms with E-state index in [1.165, 1.54) is 0 Å². The van der Waals surface area contributed by atoms with Crippen molar-refractivity contribution in [2.75, 3.05) is 0 Å². The molecule has 0 amide bonds. The van der Waals surface area contributed by atoms with E-state index in [0.29, 0.717) is 0 Å². The van der Waals surface area contributed by atoms with Crippen molar-refractivity contribution >= 4 is 11.6 Å². The van der Waals surface area contributed by atoms with Crippen molar-refractivity contribution in [1.82, 2.24) is 0 Å². The molecule has 0 spiro atoms. The summed E-state index contributed by atoms with van der Waals surface area (Å²) >= 11 is 6.11. The molecule has 0 aliphatic carbocycles. The molecule has 1 saturated heterocycles. The fourth-order valence-corrected chi connectivity index (χ4v) is 3.19. The minimum atomic E-state index is -0.115. The van der Waals surface area contributed by atoms with Gasteiger partial charge in [0.05, 0.1) is 24.4 Å². The van der Waals surface area contributed by atoms with E-state index in [1.807, 2.05) is 24.3 Å². The van der Waals surface area contributed by atoms with Crippen LogP contribution in [0.2, 0.25) is 5.02 Å². The summed E-state index contributed by atoms with van der Waals surface area (Å²) in [4.78, 5) is 0. The second kappa shape index (κ2) is 7.59. The van der Waals surface area contributed by atoms with Gasteiger partial charge >= 0.3 is 0 Å². The molecule has 118 valence electrons. The largest absolute Gasteiger partial charge is 0.375 e. The maximum absolute atomic E-state index is 6.36. The summed E-state index contributed by atoms with van der Waals surface area (Å²) in [5, 5.41) is 0.720. The van der Waals surface area contributed by atoms with E-state index < -0.39 is 0 Å². The van der Waals surface area contributed by atoms with Crippen LogP contribution >= 0.6 is 11.6 Å². The van der Waals surface area contributed by atoms with E-state index >= 15 is 0 Å². The van der Waals surface area contributed by atoms with Gasteiger partial charge in [0, 0.05) is 11.1 Å². The van der Waals surface area contributed by atoms with E-state index in [4.69, 9.17) is 26.8 Å². The van der Waals surface area contributed by atoms with E-state index in [2.05, 4.69) is 20.8 Å². The Morgan fingerprint density at radius 1 is 1.33 bits per heavy atom. The van der Waals surface area contributed by atoms with Gasteiger partial charge in [0.25, 0.3) is 0 Å². The van der Waals surface area contributed by atoms with Crippen LogP contribution in [-0.2, 0) is 9.47 Å². The summed E-state index contributed by atoms with van der Waals surface area (Å²) < 4.78 is 12.1. The quantitative estimate of drug-likeness (QED) is 0.890. The summed E-state index contributed by atoms with van der Waals surface area (Å²) in [5.74, 6) is 0. The molecular weight excluding hydrogens is 286 g/mol. The predicted molar refractivity (Wildman–Crippen MR) is 86.6 cm³/mol. The second-order valence-electron chi connectivity index (χ2n) is 6.03. The summed E-state index contributed by atoms with van der Waals surface area (Å²) in [5.41, 5.74) is 7.35. The van der Waals surface area contributed by atoms with Gasteiger partial charge < -0.3 is 15.2 Å². The number of nitrogens with two attached hydrogens (primary N) is 1. The van der Waals surface area contributed by atoms with Crippen LogP contribution in [0.15, 0.2) is 24.3 Å². The molecule has 2 rings (SSSR count). The molecule has 1 aliphatic heterocycles. The monoisotopic (exact) mass is 311 g/mol. The molecule has 3 nitrogen and oxygen atoms in total. The summed E-state index contributed by atoms with van der Waals surface area (Å²) in [6.07, 6.45) is 3.23. The van der Waals surface area contributed by atoms with Crippen molar-refractivity contribution in [1.29, 1.82) is 0 Å². The van der Waals surface area contributed by atoms with Crippen LogP contribution < -0.4 is 5.73 Å². The number of hydrogen-bond donors (Lipinski definition) is 1. The third-order valence-corrected chi connectivity index (χ3v) is 4.27. The Morgan fingerprint density at radius 3 is 2.57 bits per heavy atom. The average Bonchev–Trinajstić information content (AvgIpc) is 2.43. The number of rotatable bonds is 5. The topological polar surface area (TPSA) is 44.5 Å². The highest BCUT2D eigenvalue weighted by atomic mass is 35.5. The third-order valence-electron chi connectivity index (χ3n) is 4.03. The SMILES string of the molecule is CCC(N)C(OC1CC(C)OC(C)C1)c1cccc(Cl)c1. The molecule has 4 heteroatoms. The molecule has 1 heterocycles. The minimum Gasteiger partial charge on any atom is -0.375 e. The first-order chi connectivity index (χ1) is 9.99. The van der Waals surface area contributed by atoms with Gasteiger partial charge in [-0.1, -0.05) is 30.7 Å². The number of halogens is 1. The molecule has 1 aromatic rings. The van der Waals surface area contributed by atoms with Crippen LogP contribution in [0.5, 0.6) is 0 Å². The van der Waals surface area contributed by atoms with Crippen molar-refractivity contribution in [3.8, 4) is 0 Å². The normalized spacial score (nSPS) is 29.1. The van der Waals surface area contributed by atoms with Gasteiger partial charge in [-0.25, -0.2) is 0 Å². The zero-order chi connectivity index (χ0) is 15.4. The summed E-state index contributed by atoms with van der Waals surface area (Å²) in [7, 11) is 0. The highest BCUT2D eigenvalue weighted by molar-refractivity contribution is 6.30. The fourth-order valence-electron chi connectivity index (χ4n) is 2.99. The predicted octanol–water partition coefficient (Wildman–Crippen LogP) is 4.09. The van der Waals surface area contributed by atoms with E-state index in [9.17, 15) is 0 Å². The van der Waals surface area contributed by atoms with Crippen LogP contribution in [0, 0.1) is 0 Å². The van der Waals surface area contributed by atoms with Crippen LogP contribution in [0.3, 0.4) is 0 Å². The fraction of sp³-hybridized carbons (Fsp3) is 0.647. The molecule has 1 fully saturated rings. The first kappa shape index (κ1) is 16.8. The molecule has 2 N–H and O–H groups in total. The Bertz CT molecular complexity index is 444. The number of benzene rings is 1. The van der Waals surface area contributed by atoms with Crippen molar-refractivity contribution in [2.45, 2.75) is 70.5 Å². The Labute approximate surface area is 132 Å². The van der Waals surface area contributed by atoms with Crippen LogP contribution in [0.4, 0.5) is 0 Å². The summed E-state index contributed by atoms with van der Waals surface area (Å²) in [6.45, 7) is 6.28. The van der Waals surface area contributed by atoms with Gasteiger partial charge in [0.15, 0.2) is 0 Å². The van der Waals surface area contributed by atoms with Crippen molar-refractivity contribution < 1.29 is 9.47 Å². The molecule has 0 bridgehead atoms. The average molecular weight is 312 g/mol. The first-order valence-corrected chi connectivity index (χ1v) is 8.19. The van der Waals surface area contributed by atoms with Gasteiger partial charge in [-0.05, 0) is 50.8 Å². The minimum absolute atomic E-state index is 0.0306. The zero-order valence-corrected chi connectivity index (χ0v) is 13.8. The van der Waals surface area contributed by atoms with E-state index in [-0.39, 0.29) is 30.5 Å². The lowest BCUT2D eigenvalue weighted by Crippen LogP contribution is -2.38. The second-order valence-corrected chi connectivity index (χ2v) is 6.47. The first-order valence-electron chi connectivity index (χ1n) is 7.81. The number of ether oxygens (including phenoxy) is 2. The Morgan fingerprint density at radius 2 is 2.00 bits per heavy atom. The lowest BCUT2D eigenvalue weighted by molar-refractivity contribution is -0.127. The molecule has 4 unspecified atom stereocenters. The van der Waals surface area contributed by atoms with Crippen molar-refractivity contribution in [2.24, 2.45) is 5.73 Å². The Kier molecular flexibility index (Phi) is 6.06. The van der Waals surface area contributed by atoms with Crippen LogP contribution in [0.1, 0.15) is 51.7 Å². The highest BCUT2D eigenvalue weighted by Crippen LogP contribution is 2.30. The van der Waals surface area contributed by atoms with Crippen LogP contribution in [0.25, 0.3) is 0 Å². The molecule has 0 aromatic heterocycles. The van der Waals surface area contributed by atoms with Gasteiger partial charge in [-0.2, -0.15) is 0 Å². The standard InChI is InChI=1S/C17H26ClNO2/c1-4-16(19)17(13-6-5-7-14(18)10-13)21-15-8-11(2)20-12(3)9-15/h5-7,10-12,15-17H,4,8-9,19H2,1-3H3. The van der Waals surface area contributed by atoms with Crippen LogP contribution in [-0.4, -0.2) is 24.4 Å². The molecular formula is C17H26ClNO2.